The van der Waals surface area contributed by atoms with Crippen molar-refractivity contribution in [2.75, 3.05) is 29.9 Å². The third-order valence-corrected chi connectivity index (χ3v) is 6.16. The van der Waals surface area contributed by atoms with Gasteiger partial charge >= 0.3 is 0 Å². The summed E-state index contributed by atoms with van der Waals surface area (Å²) >= 11 is 14.1. The van der Waals surface area contributed by atoms with Gasteiger partial charge in [0, 0.05) is 29.7 Å². The van der Waals surface area contributed by atoms with Crippen LogP contribution >= 0.6 is 34.5 Å². The van der Waals surface area contributed by atoms with Crippen molar-refractivity contribution in [3.63, 3.8) is 0 Å². The summed E-state index contributed by atoms with van der Waals surface area (Å²) in [5, 5.41) is 9.38. The van der Waals surface area contributed by atoms with Gasteiger partial charge in [-0.2, -0.15) is 0 Å². The molecule has 0 spiro atoms. The molecule has 1 aromatic heterocycles. The molecule has 2 aromatic carbocycles. The third-order valence-electron chi connectivity index (χ3n) is 4.61. The molecule has 4 rings (SSSR count). The van der Waals surface area contributed by atoms with Crippen molar-refractivity contribution < 1.29 is 9.59 Å². The minimum absolute atomic E-state index is 0.0332. The first-order chi connectivity index (χ1) is 14.5. The van der Waals surface area contributed by atoms with Crippen LogP contribution in [0, 0.1) is 0 Å². The summed E-state index contributed by atoms with van der Waals surface area (Å²) in [6.07, 6.45) is 0.145. The van der Waals surface area contributed by atoms with Crippen LogP contribution in [0.2, 0.25) is 10.0 Å². The molecule has 154 valence electrons. The summed E-state index contributed by atoms with van der Waals surface area (Å²) in [6.45, 7) is 1.54. The van der Waals surface area contributed by atoms with Crippen molar-refractivity contribution in [1.29, 1.82) is 0 Å². The molecule has 0 atom stereocenters. The van der Waals surface area contributed by atoms with Crippen LogP contribution < -0.4 is 15.5 Å². The number of nitrogens with one attached hydrogen (secondary N) is 2. The van der Waals surface area contributed by atoms with Crippen molar-refractivity contribution >= 4 is 57.7 Å². The van der Waals surface area contributed by atoms with Gasteiger partial charge < -0.3 is 15.5 Å². The molecule has 1 saturated heterocycles. The van der Waals surface area contributed by atoms with Crippen molar-refractivity contribution in [1.82, 2.24) is 10.3 Å². The molecule has 0 bridgehead atoms. The number of carbonyl (C=O) groups is 2. The monoisotopic (exact) mass is 460 g/mol. The van der Waals surface area contributed by atoms with Crippen LogP contribution in [-0.2, 0) is 16.0 Å². The quantitative estimate of drug-likeness (QED) is 0.597. The highest BCUT2D eigenvalue weighted by atomic mass is 35.5. The Bertz CT molecular complexity index is 1100. The predicted octanol–water partition coefficient (Wildman–Crippen LogP) is 4.23. The van der Waals surface area contributed by atoms with Crippen LogP contribution in [0.25, 0.3) is 10.6 Å². The Morgan fingerprint density at radius 2 is 2.03 bits per heavy atom. The van der Waals surface area contributed by atoms with Gasteiger partial charge in [0.05, 0.1) is 34.4 Å². The van der Waals surface area contributed by atoms with Gasteiger partial charge in [-0.1, -0.05) is 41.4 Å². The van der Waals surface area contributed by atoms with E-state index < -0.39 is 0 Å². The highest BCUT2D eigenvalue weighted by Crippen LogP contribution is 2.31. The van der Waals surface area contributed by atoms with Gasteiger partial charge in [-0.15, -0.1) is 11.3 Å². The summed E-state index contributed by atoms with van der Waals surface area (Å²) in [6, 6.07) is 12.8. The van der Waals surface area contributed by atoms with E-state index in [0.717, 1.165) is 16.3 Å². The fourth-order valence-electron chi connectivity index (χ4n) is 3.20. The van der Waals surface area contributed by atoms with Gasteiger partial charge in [-0.05, 0) is 24.3 Å². The molecule has 2 amide bonds. The summed E-state index contributed by atoms with van der Waals surface area (Å²) in [4.78, 5) is 30.5. The van der Waals surface area contributed by atoms with E-state index in [-0.39, 0.29) is 24.8 Å². The highest BCUT2D eigenvalue weighted by Gasteiger charge is 2.19. The molecule has 30 heavy (non-hydrogen) atoms. The molecule has 2 N–H and O–H groups in total. The van der Waals surface area contributed by atoms with Crippen LogP contribution in [0.5, 0.6) is 0 Å². The van der Waals surface area contributed by atoms with Gasteiger partial charge in [-0.25, -0.2) is 4.98 Å². The summed E-state index contributed by atoms with van der Waals surface area (Å²) in [5.41, 5.74) is 2.89. The van der Waals surface area contributed by atoms with E-state index in [4.69, 9.17) is 23.2 Å². The first-order valence-electron chi connectivity index (χ1n) is 9.30. The van der Waals surface area contributed by atoms with E-state index in [9.17, 15) is 9.59 Å². The largest absolute Gasteiger partial charge is 0.359 e. The summed E-state index contributed by atoms with van der Waals surface area (Å²) in [7, 11) is 0. The molecule has 1 fully saturated rings. The van der Waals surface area contributed by atoms with Gasteiger partial charge in [-0.3, -0.25) is 9.59 Å². The van der Waals surface area contributed by atoms with E-state index in [2.05, 4.69) is 15.6 Å². The second kappa shape index (κ2) is 9.04. The third kappa shape index (κ3) is 4.75. The predicted molar refractivity (Wildman–Crippen MR) is 122 cm³/mol. The second-order valence-corrected chi connectivity index (χ2v) is 8.46. The zero-order valence-corrected chi connectivity index (χ0v) is 18.2. The Kier molecular flexibility index (Phi) is 6.22. The summed E-state index contributed by atoms with van der Waals surface area (Å²) in [5.74, 6) is -0.221. The van der Waals surface area contributed by atoms with Crippen LogP contribution in [0.1, 0.15) is 5.69 Å². The van der Waals surface area contributed by atoms with E-state index in [1.165, 1.54) is 11.3 Å². The van der Waals surface area contributed by atoms with Gasteiger partial charge in [0.2, 0.25) is 11.8 Å². The van der Waals surface area contributed by atoms with Crippen LogP contribution in [-0.4, -0.2) is 36.4 Å². The Morgan fingerprint density at radius 3 is 2.80 bits per heavy atom. The number of thiazole rings is 1. The van der Waals surface area contributed by atoms with Crippen molar-refractivity contribution in [2.45, 2.75) is 6.42 Å². The maximum atomic E-state index is 12.5. The number of amides is 2. The molecule has 2 heterocycles. The lowest BCUT2D eigenvalue weighted by Crippen LogP contribution is -2.47. The zero-order chi connectivity index (χ0) is 21.1. The zero-order valence-electron chi connectivity index (χ0n) is 15.8. The van der Waals surface area contributed by atoms with Crippen LogP contribution in [0.15, 0.2) is 47.8 Å². The topological polar surface area (TPSA) is 74.3 Å². The lowest BCUT2D eigenvalue weighted by atomic mass is 10.2. The number of aromatic nitrogens is 1. The molecule has 1 aliphatic heterocycles. The van der Waals surface area contributed by atoms with E-state index >= 15 is 0 Å². The standard InChI is InChI=1S/C21H18Cl2N4O2S/c22-16-4-2-1-3-15(16)21-26-14(12-30-21)10-19(28)25-13-5-6-18(17(23)9-13)27-8-7-24-20(29)11-27/h1-6,9,12H,7-8,10-11H2,(H,24,29)(H,25,28). The SMILES string of the molecule is O=C1CN(c2ccc(NC(=O)Cc3csc(-c4ccccc4Cl)n3)cc2Cl)CCN1. The maximum Gasteiger partial charge on any atom is 0.239 e. The lowest BCUT2D eigenvalue weighted by molar-refractivity contribution is -0.120. The molecule has 6 nitrogen and oxygen atoms in total. The molecule has 3 aromatic rings. The normalized spacial score (nSPS) is 13.8. The fraction of sp³-hybridized carbons (Fsp3) is 0.190. The lowest BCUT2D eigenvalue weighted by Gasteiger charge is -2.29. The average Bonchev–Trinajstić information content (AvgIpc) is 3.16. The minimum Gasteiger partial charge on any atom is -0.359 e. The molecule has 0 unspecified atom stereocenters. The number of rotatable bonds is 5. The van der Waals surface area contributed by atoms with Crippen LogP contribution in [0.3, 0.4) is 0 Å². The molecule has 0 radical (unpaired) electrons. The maximum absolute atomic E-state index is 12.5. The molecular weight excluding hydrogens is 443 g/mol. The number of piperazine rings is 1. The second-order valence-electron chi connectivity index (χ2n) is 6.79. The van der Waals surface area contributed by atoms with E-state index in [0.29, 0.717) is 34.5 Å². The molecule has 1 aliphatic rings. The Morgan fingerprint density at radius 1 is 1.20 bits per heavy atom. The molecular formula is C21H18Cl2N4O2S. The number of carbonyl (C=O) groups excluding carboxylic acids is 2. The Labute approximate surface area is 187 Å². The highest BCUT2D eigenvalue weighted by molar-refractivity contribution is 7.13. The number of hydrogen-bond acceptors (Lipinski definition) is 5. The Hall–Kier alpha value is -2.61. The van der Waals surface area contributed by atoms with Gasteiger partial charge in [0.1, 0.15) is 5.01 Å². The van der Waals surface area contributed by atoms with Gasteiger partial charge in [0.15, 0.2) is 0 Å². The first-order valence-corrected chi connectivity index (χ1v) is 10.9. The summed E-state index contributed by atoms with van der Waals surface area (Å²) < 4.78 is 0. The number of anilines is 2. The van der Waals surface area contributed by atoms with Crippen molar-refractivity contribution in [2.24, 2.45) is 0 Å². The van der Waals surface area contributed by atoms with Crippen molar-refractivity contribution in [3.8, 4) is 10.6 Å². The Balaban J connectivity index is 1.40. The average molecular weight is 461 g/mol. The van der Waals surface area contributed by atoms with Crippen molar-refractivity contribution in [3.05, 3.63) is 63.6 Å². The first kappa shape index (κ1) is 20.7. The smallest absolute Gasteiger partial charge is 0.239 e. The van der Waals surface area contributed by atoms with Crippen LogP contribution in [0.4, 0.5) is 11.4 Å². The number of hydrogen-bond donors (Lipinski definition) is 2. The number of benzene rings is 2. The molecule has 0 saturated carbocycles. The molecule has 0 aliphatic carbocycles. The van der Waals surface area contributed by atoms with Gasteiger partial charge in [0.25, 0.3) is 0 Å². The minimum atomic E-state index is -0.188. The van der Waals surface area contributed by atoms with E-state index in [1.54, 1.807) is 12.1 Å². The fourth-order valence-corrected chi connectivity index (χ4v) is 4.64. The number of nitrogens with zero attached hydrogens (tertiary/aromatic N) is 2. The van der Waals surface area contributed by atoms with E-state index in [1.807, 2.05) is 40.6 Å². The molecule has 9 heteroatoms. The number of halogens is 2.